The first-order valence-corrected chi connectivity index (χ1v) is 9.25. The third-order valence-electron chi connectivity index (χ3n) is 4.61. The maximum Gasteiger partial charge on any atom is 0.410 e. The molecule has 140 valence electrons. The molecule has 0 bridgehead atoms. The molecule has 2 aromatic rings. The number of nitrogens with zero attached hydrogens (tertiary/aromatic N) is 5. The lowest BCUT2D eigenvalue weighted by atomic mass is 10.1. The highest BCUT2D eigenvalue weighted by Crippen LogP contribution is 2.24. The molecular weight excluding hydrogens is 360 g/mol. The van der Waals surface area contributed by atoms with E-state index in [1.54, 1.807) is 4.90 Å². The highest BCUT2D eigenvalue weighted by molar-refractivity contribution is 6.28. The van der Waals surface area contributed by atoms with Crippen molar-refractivity contribution in [2.45, 2.75) is 25.9 Å². The minimum absolute atomic E-state index is 0.0614. The van der Waals surface area contributed by atoms with Crippen LogP contribution < -0.4 is 4.90 Å². The average Bonchev–Trinajstić information content (AvgIpc) is 3.09. The second-order valence-corrected chi connectivity index (χ2v) is 6.74. The summed E-state index contributed by atoms with van der Waals surface area (Å²) in [5.41, 5.74) is 1.16. The molecule has 2 fully saturated rings. The number of fused-ring (bicyclic) bond motifs is 1. The van der Waals surface area contributed by atoms with Crippen LogP contribution in [0.5, 0.6) is 0 Å². The number of hydrogen-bond donors (Lipinski definition) is 1. The van der Waals surface area contributed by atoms with Crippen molar-refractivity contribution in [2.75, 3.05) is 44.3 Å². The van der Waals surface area contributed by atoms with Crippen molar-refractivity contribution in [3.8, 4) is 0 Å². The lowest BCUT2D eigenvalue weighted by Crippen LogP contribution is -2.37. The molecule has 4 rings (SSSR count). The summed E-state index contributed by atoms with van der Waals surface area (Å²) in [6.45, 7) is 4.28. The van der Waals surface area contributed by atoms with Crippen molar-refractivity contribution in [3.63, 3.8) is 0 Å². The van der Waals surface area contributed by atoms with Gasteiger partial charge in [0.05, 0.1) is 13.2 Å². The predicted molar refractivity (Wildman–Crippen MR) is 95.3 cm³/mol. The molecule has 0 radical (unpaired) electrons. The molecule has 0 atom stereocenters. The molecule has 1 amide bonds. The van der Waals surface area contributed by atoms with E-state index >= 15 is 0 Å². The molecule has 0 aromatic carbocycles. The molecule has 4 heterocycles. The number of imidazole rings is 1. The Morgan fingerprint density at radius 2 is 1.88 bits per heavy atom. The first kappa shape index (κ1) is 17.3. The summed E-state index contributed by atoms with van der Waals surface area (Å²) < 4.78 is 10.8. The van der Waals surface area contributed by atoms with Gasteiger partial charge < -0.3 is 24.3 Å². The van der Waals surface area contributed by atoms with Gasteiger partial charge in [-0.3, -0.25) is 0 Å². The van der Waals surface area contributed by atoms with Crippen molar-refractivity contribution in [1.82, 2.24) is 24.8 Å². The number of carbonyl (C=O) groups excluding carboxylic acids is 1. The van der Waals surface area contributed by atoms with Crippen molar-refractivity contribution in [3.05, 3.63) is 11.1 Å². The number of carbonyl (C=O) groups is 1. The number of nitrogens with one attached hydrogen (secondary N) is 1. The first-order valence-electron chi connectivity index (χ1n) is 8.87. The summed E-state index contributed by atoms with van der Waals surface area (Å²) >= 11 is 6.06. The number of ether oxygens (including phenoxy) is 2. The summed E-state index contributed by atoms with van der Waals surface area (Å²) in [6.07, 6.45) is 2.91. The molecular formula is C16H21ClN6O3. The zero-order valence-electron chi connectivity index (χ0n) is 14.4. The molecule has 0 unspecified atom stereocenters. The van der Waals surface area contributed by atoms with Crippen LogP contribution in [-0.2, 0) is 16.1 Å². The average molecular weight is 381 g/mol. The molecule has 2 aliphatic heterocycles. The molecule has 9 nitrogen and oxygen atoms in total. The van der Waals surface area contributed by atoms with E-state index < -0.39 is 0 Å². The van der Waals surface area contributed by atoms with Gasteiger partial charge in [-0.05, 0) is 30.9 Å². The van der Waals surface area contributed by atoms with Gasteiger partial charge in [-0.25, -0.2) is 9.78 Å². The highest BCUT2D eigenvalue weighted by atomic mass is 35.5. The van der Waals surface area contributed by atoms with Crippen molar-refractivity contribution in [2.24, 2.45) is 0 Å². The molecule has 10 heteroatoms. The monoisotopic (exact) mass is 380 g/mol. The normalized spacial score (nSPS) is 18.3. The molecule has 2 aromatic heterocycles. The largest absolute Gasteiger partial charge is 0.441 e. The summed E-state index contributed by atoms with van der Waals surface area (Å²) in [6, 6.07) is 0. The predicted octanol–water partition coefficient (Wildman–Crippen LogP) is 1.97. The van der Waals surface area contributed by atoms with Gasteiger partial charge in [0.2, 0.25) is 5.28 Å². The third-order valence-corrected chi connectivity index (χ3v) is 4.78. The van der Waals surface area contributed by atoms with Crippen LogP contribution in [0.3, 0.4) is 0 Å². The summed E-state index contributed by atoms with van der Waals surface area (Å²) in [4.78, 5) is 32.1. The molecule has 1 N–H and O–H groups in total. The van der Waals surface area contributed by atoms with Crippen molar-refractivity contribution < 1.29 is 14.3 Å². The van der Waals surface area contributed by atoms with Crippen LogP contribution in [0.2, 0.25) is 5.28 Å². The van der Waals surface area contributed by atoms with Gasteiger partial charge in [-0.15, -0.1) is 0 Å². The Labute approximate surface area is 155 Å². The van der Waals surface area contributed by atoms with E-state index in [4.69, 9.17) is 21.1 Å². The molecule has 0 aliphatic carbocycles. The number of likely N-dealkylation sites (tertiary alicyclic amines) is 1. The highest BCUT2D eigenvalue weighted by Gasteiger charge is 2.21. The number of morpholine rings is 1. The second kappa shape index (κ2) is 7.63. The Bertz CT molecular complexity index is 786. The molecule has 2 aliphatic rings. The van der Waals surface area contributed by atoms with E-state index in [0.29, 0.717) is 36.0 Å². The van der Waals surface area contributed by atoms with Crippen molar-refractivity contribution in [1.29, 1.82) is 0 Å². The van der Waals surface area contributed by atoms with Crippen molar-refractivity contribution >= 4 is 34.7 Å². The minimum Gasteiger partial charge on any atom is -0.441 e. The quantitative estimate of drug-likeness (QED) is 0.813. The van der Waals surface area contributed by atoms with Crippen LogP contribution in [0.4, 0.5) is 10.6 Å². The number of aromatic nitrogens is 4. The Morgan fingerprint density at radius 1 is 1.12 bits per heavy atom. The first-order chi connectivity index (χ1) is 12.7. The van der Waals surface area contributed by atoms with Gasteiger partial charge in [0.1, 0.15) is 11.3 Å². The van der Waals surface area contributed by atoms with Gasteiger partial charge in [0.15, 0.2) is 18.1 Å². The SMILES string of the molecule is O=C(OCc1nc2nc(Cl)nc(N3CCOCC3)c2[nH]1)N1CCCCC1. The van der Waals surface area contributed by atoms with Gasteiger partial charge in [-0.1, -0.05) is 0 Å². The van der Waals surface area contributed by atoms with E-state index in [0.717, 1.165) is 45.4 Å². The van der Waals surface area contributed by atoms with Gasteiger partial charge >= 0.3 is 6.09 Å². The molecule has 2 saturated heterocycles. The van der Waals surface area contributed by atoms with Gasteiger partial charge in [0, 0.05) is 26.2 Å². The molecule has 0 spiro atoms. The number of aromatic amines is 1. The number of rotatable bonds is 3. The summed E-state index contributed by atoms with van der Waals surface area (Å²) in [5.74, 6) is 1.22. The van der Waals surface area contributed by atoms with Gasteiger partial charge in [0.25, 0.3) is 0 Å². The Kier molecular flexibility index (Phi) is 5.07. The molecule has 26 heavy (non-hydrogen) atoms. The van der Waals surface area contributed by atoms with Crippen LogP contribution in [-0.4, -0.2) is 70.3 Å². The summed E-state index contributed by atoms with van der Waals surface area (Å²) in [5, 5.41) is 0.141. The van der Waals surface area contributed by atoms with E-state index in [2.05, 4.69) is 24.8 Å². The Balaban J connectivity index is 1.50. The van der Waals surface area contributed by atoms with Crippen LogP contribution >= 0.6 is 11.6 Å². The number of anilines is 1. The topological polar surface area (TPSA) is 96.5 Å². The zero-order valence-corrected chi connectivity index (χ0v) is 15.2. The van der Waals surface area contributed by atoms with Crippen LogP contribution in [0.1, 0.15) is 25.1 Å². The lowest BCUT2D eigenvalue weighted by Gasteiger charge is -2.27. The maximum absolute atomic E-state index is 12.1. The number of amides is 1. The van der Waals surface area contributed by atoms with Crippen LogP contribution in [0.25, 0.3) is 11.2 Å². The van der Waals surface area contributed by atoms with E-state index in [-0.39, 0.29) is 18.0 Å². The lowest BCUT2D eigenvalue weighted by molar-refractivity contribution is 0.0876. The van der Waals surface area contributed by atoms with Gasteiger partial charge in [-0.2, -0.15) is 9.97 Å². The second-order valence-electron chi connectivity index (χ2n) is 6.40. The summed E-state index contributed by atoms with van der Waals surface area (Å²) in [7, 11) is 0. The standard InChI is InChI=1S/C16H21ClN6O3/c17-15-20-13-12(14(21-15)22-6-8-25-9-7-22)18-11(19-13)10-26-16(24)23-4-2-1-3-5-23/h1-10H2,(H,18,19,20,21). The van der Waals surface area contributed by atoms with Crippen LogP contribution in [0, 0.1) is 0 Å². The number of hydrogen-bond acceptors (Lipinski definition) is 7. The fourth-order valence-electron chi connectivity index (χ4n) is 3.27. The zero-order chi connectivity index (χ0) is 17.9. The van der Waals surface area contributed by atoms with E-state index in [1.807, 2.05) is 0 Å². The van der Waals surface area contributed by atoms with E-state index in [1.165, 1.54) is 0 Å². The number of piperidine rings is 1. The molecule has 0 saturated carbocycles. The fraction of sp³-hybridized carbons (Fsp3) is 0.625. The minimum atomic E-state index is -0.303. The fourth-order valence-corrected chi connectivity index (χ4v) is 3.43. The third kappa shape index (κ3) is 3.68. The smallest absolute Gasteiger partial charge is 0.410 e. The maximum atomic E-state index is 12.1. The Morgan fingerprint density at radius 3 is 2.65 bits per heavy atom. The number of H-pyrrole nitrogens is 1. The van der Waals surface area contributed by atoms with E-state index in [9.17, 15) is 4.79 Å². The van der Waals surface area contributed by atoms with Crippen LogP contribution in [0.15, 0.2) is 0 Å². The Hall–Kier alpha value is -2.13. The number of halogens is 1.